The monoisotopic (exact) mass is 314 g/mol. The van der Waals surface area contributed by atoms with Gasteiger partial charge in [-0.1, -0.05) is 6.92 Å². The lowest BCUT2D eigenvalue weighted by Gasteiger charge is -2.30. The van der Waals surface area contributed by atoms with Crippen LogP contribution >= 0.6 is 0 Å². The van der Waals surface area contributed by atoms with Crippen LogP contribution in [0.25, 0.3) is 0 Å². The Bertz CT molecular complexity index is 665. The minimum atomic E-state index is -3.98. The Kier molecular flexibility index (Phi) is 4.34. The smallest absolute Gasteiger partial charge is 0.256 e. The zero-order chi connectivity index (χ0) is 15.8. The van der Waals surface area contributed by atoms with Crippen molar-refractivity contribution in [3.8, 4) is 0 Å². The van der Waals surface area contributed by atoms with Gasteiger partial charge in [0.15, 0.2) is 0 Å². The molecule has 0 unspecified atom stereocenters. The van der Waals surface area contributed by atoms with Gasteiger partial charge in [0.1, 0.15) is 5.82 Å². The number of carbonyl (C=O) groups is 1. The van der Waals surface area contributed by atoms with Crippen LogP contribution in [-0.2, 0) is 10.0 Å². The lowest BCUT2D eigenvalue weighted by Crippen LogP contribution is -2.38. The number of halogens is 1. The Balaban J connectivity index is 2.37. The zero-order valence-corrected chi connectivity index (χ0v) is 12.9. The van der Waals surface area contributed by atoms with E-state index in [1.807, 2.05) is 0 Å². The molecule has 0 radical (unpaired) electrons. The maximum Gasteiger partial charge on any atom is 0.256 e. The molecule has 0 spiro atoms. The van der Waals surface area contributed by atoms with Crippen LogP contribution in [0, 0.1) is 18.7 Å². The molecule has 1 aliphatic heterocycles. The molecule has 1 heterocycles. The summed E-state index contributed by atoms with van der Waals surface area (Å²) in [6.45, 7) is 4.66. The van der Waals surface area contributed by atoms with Gasteiger partial charge in [0.05, 0.1) is 10.5 Å². The summed E-state index contributed by atoms with van der Waals surface area (Å²) in [6.07, 6.45) is 1.72. The van der Waals surface area contributed by atoms with Crippen molar-refractivity contribution in [1.29, 1.82) is 0 Å². The van der Waals surface area contributed by atoms with Crippen molar-refractivity contribution >= 4 is 15.9 Å². The molecule has 116 valence electrons. The van der Waals surface area contributed by atoms with Gasteiger partial charge in [-0.15, -0.1) is 0 Å². The fraction of sp³-hybridized carbons (Fsp3) is 0.500. The van der Waals surface area contributed by atoms with E-state index in [4.69, 9.17) is 5.14 Å². The number of hydrogen-bond donors (Lipinski definition) is 1. The topological polar surface area (TPSA) is 80.5 Å². The van der Waals surface area contributed by atoms with Gasteiger partial charge in [0, 0.05) is 13.1 Å². The first-order valence-corrected chi connectivity index (χ1v) is 8.37. The molecule has 1 aliphatic rings. The van der Waals surface area contributed by atoms with Gasteiger partial charge in [0.2, 0.25) is 10.0 Å². The average Bonchev–Trinajstić information content (AvgIpc) is 2.37. The number of nitrogens with two attached hydrogens (primary N) is 1. The van der Waals surface area contributed by atoms with E-state index in [1.54, 1.807) is 4.90 Å². The first-order valence-electron chi connectivity index (χ1n) is 6.82. The Morgan fingerprint density at radius 1 is 1.33 bits per heavy atom. The molecule has 1 aromatic rings. The van der Waals surface area contributed by atoms with Gasteiger partial charge in [-0.05, 0) is 43.4 Å². The third-order valence-electron chi connectivity index (χ3n) is 3.87. The van der Waals surface area contributed by atoms with E-state index >= 15 is 0 Å². The first kappa shape index (κ1) is 15.9. The lowest BCUT2D eigenvalue weighted by atomic mass is 9.98. The normalized spacial score (nSPS) is 17.0. The van der Waals surface area contributed by atoms with Gasteiger partial charge in [0.25, 0.3) is 5.91 Å². The number of aryl methyl sites for hydroxylation is 1. The van der Waals surface area contributed by atoms with Gasteiger partial charge >= 0.3 is 0 Å². The van der Waals surface area contributed by atoms with Crippen LogP contribution < -0.4 is 5.14 Å². The Hall–Kier alpha value is -1.47. The third-order valence-corrected chi connectivity index (χ3v) is 4.93. The van der Waals surface area contributed by atoms with Crippen LogP contribution in [0.3, 0.4) is 0 Å². The molecule has 0 bridgehead atoms. The van der Waals surface area contributed by atoms with Crippen molar-refractivity contribution in [1.82, 2.24) is 4.90 Å². The molecule has 1 aromatic carbocycles. The number of rotatable bonds is 2. The predicted octanol–water partition coefficient (Wildman–Crippen LogP) is 1.65. The number of sulfonamides is 1. The second-order valence-electron chi connectivity index (χ2n) is 5.62. The van der Waals surface area contributed by atoms with Crippen LogP contribution in [0.15, 0.2) is 17.0 Å². The van der Waals surface area contributed by atoms with Crippen LogP contribution in [0.4, 0.5) is 4.39 Å². The largest absolute Gasteiger partial charge is 0.339 e. The van der Waals surface area contributed by atoms with Crippen molar-refractivity contribution in [2.75, 3.05) is 13.1 Å². The molecule has 1 amide bonds. The summed E-state index contributed by atoms with van der Waals surface area (Å²) in [5, 5.41) is 5.10. The molecule has 1 saturated heterocycles. The van der Waals surface area contributed by atoms with Gasteiger partial charge in [-0.3, -0.25) is 4.79 Å². The fourth-order valence-corrected chi connectivity index (χ4v) is 3.30. The minimum Gasteiger partial charge on any atom is -0.339 e. The SMILES string of the molecule is Cc1cc(F)c(C(=O)N2CCC(C)CC2)cc1S(N)(=O)=O. The summed E-state index contributed by atoms with van der Waals surface area (Å²) in [7, 11) is -3.98. The number of piperidine rings is 1. The van der Waals surface area contributed by atoms with Gasteiger partial charge in [-0.2, -0.15) is 0 Å². The van der Waals surface area contributed by atoms with Crippen molar-refractivity contribution in [2.45, 2.75) is 31.6 Å². The van der Waals surface area contributed by atoms with Crippen molar-refractivity contribution in [3.05, 3.63) is 29.1 Å². The molecule has 2 rings (SSSR count). The summed E-state index contributed by atoms with van der Waals surface area (Å²) in [5.74, 6) is -0.662. The molecule has 7 heteroatoms. The highest BCUT2D eigenvalue weighted by Gasteiger charge is 2.25. The van der Waals surface area contributed by atoms with E-state index in [1.165, 1.54) is 6.92 Å². The molecule has 0 atom stereocenters. The molecule has 5 nitrogen and oxygen atoms in total. The highest BCUT2D eigenvalue weighted by Crippen LogP contribution is 2.23. The maximum atomic E-state index is 14.0. The molecule has 0 aliphatic carbocycles. The molecule has 2 N–H and O–H groups in total. The van der Waals surface area contributed by atoms with E-state index < -0.39 is 21.7 Å². The van der Waals surface area contributed by atoms with Gasteiger partial charge in [-0.25, -0.2) is 17.9 Å². The summed E-state index contributed by atoms with van der Waals surface area (Å²) in [5.41, 5.74) is -0.0435. The number of likely N-dealkylation sites (tertiary alicyclic amines) is 1. The van der Waals surface area contributed by atoms with Crippen molar-refractivity contribution < 1.29 is 17.6 Å². The minimum absolute atomic E-state index is 0.193. The summed E-state index contributed by atoms with van der Waals surface area (Å²) in [4.78, 5) is 13.7. The van der Waals surface area contributed by atoms with E-state index in [9.17, 15) is 17.6 Å². The van der Waals surface area contributed by atoms with Crippen LogP contribution in [0.1, 0.15) is 35.7 Å². The van der Waals surface area contributed by atoms with E-state index in [2.05, 4.69) is 6.92 Å². The molecule has 0 aromatic heterocycles. The molecule has 1 fully saturated rings. The number of primary sulfonamides is 1. The maximum absolute atomic E-state index is 14.0. The quantitative estimate of drug-likeness (QED) is 0.901. The number of carbonyl (C=O) groups excluding carboxylic acids is 1. The van der Waals surface area contributed by atoms with E-state index in [-0.39, 0.29) is 16.0 Å². The Labute approximate surface area is 124 Å². The standard InChI is InChI=1S/C14H19FN2O3S/c1-9-3-5-17(6-4-9)14(18)11-8-13(21(16,19)20)10(2)7-12(11)15/h7-9H,3-6H2,1-2H3,(H2,16,19,20). The number of amides is 1. The fourth-order valence-electron chi connectivity index (χ4n) is 2.51. The van der Waals surface area contributed by atoms with Crippen molar-refractivity contribution in [3.63, 3.8) is 0 Å². The third kappa shape index (κ3) is 3.41. The van der Waals surface area contributed by atoms with Crippen LogP contribution in [-0.4, -0.2) is 32.3 Å². The van der Waals surface area contributed by atoms with Crippen LogP contribution in [0.2, 0.25) is 0 Å². The molecule has 0 saturated carbocycles. The van der Waals surface area contributed by atoms with Crippen LogP contribution in [0.5, 0.6) is 0 Å². The predicted molar refractivity (Wildman–Crippen MR) is 76.8 cm³/mol. The summed E-state index contributed by atoms with van der Waals surface area (Å²) >= 11 is 0. The summed E-state index contributed by atoms with van der Waals surface area (Å²) in [6, 6.07) is 2.08. The number of benzene rings is 1. The van der Waals surface area contributed by atoms with Gasteiger partial charge < -0.3 is 4.90 Å². The molecular formula is C14H19FN2O3S. The Morgan fingerprint density at radius 2 is 1.90 bits per heavy atom. The van der Waals surface area contributed by atoms with Crippen molar-refractivity contribution in [2.24, 2.45) is 11.1 Å². The Morgan fingerprint density at radius 3 is 2.43 bits per heavy atom. The highest BCUT2D eigenvalue weighted by atomic mass is 32.2. The summed E-state index contributed by atoms with van der Waals surface area (Å²) < 4.78 is 37.0. The van der Waals surface area contributed by atoms with E-state index in [0.717, 1.165) is 25.0 Å². The lowest BCUT2D eigenvalue weighted by molar-refractivity contribution is 0.0692. The zero-order valence-electron chi connectivity index (χ0n) is 12.1. The highest BCUT2D eigenvalue weighted by molar-refractivity contribution is 7.89. The molecule has 21 heavy (non-hydrogen) atoms. The second kappa shape index (κ2) is 5.73. The molecular weight excluding hydrogens is 295 g/mol. The average molecular weight is 314 g/mol. The number of hydrogen-bond acceptors (Lipinski definition) is 3. The first-order chi connectivity index (χ1) is 9.70. The number of nitrogens with zero attached hydrogens (tertiary/aromatic N) is 1. The van der Waals surface area contributed by atoms with E-state index in [0.29, 0.717) is 19.0 Å². The second-order valence-corrected chi connectivity index (χ2v) is 7.15.